The van der Waals surface area contributed by atoms with Gasteiger partial charge >= 0.3 is 0 Å². The van der Waals surface area contributed by atoms with Gasteiger partial charge in [0.25, 0.3) is 0 Å². The quantitative estimate of drug-likeness (QED) is 0.833. The minimum absolute atomic E-state index is 0.144. The van der Waals surface area contributed by atoms with Crippen molar-refractivity contribution in [3.63, 3.8) is 0 Å². The van der Waals surface area contributed by atoms with Gasteiger partial charge in [-0.3, -0.25) is 4.79 Å². The molecule has 2 heteroatoms. The van der Waals surface area contributed by atoms with Crippen molar-refractivity contribution in [3.8, 4) is 11.1 Å². The van der Waals surface area contributed by atoms with E-state index in [1.807, 2.05) is 37.3 Å². The number of aliphatic hydroxyl groups excluding tert-OH is 1. The number of rotatable bonds is 7. The van der Waals surface area contributed by atoms with E-state index in [-0.39, 0.29) is 12.2 Å². The zero-order valence-corrected chi connectivity index (χ0v) is 12.5. The van der Waals surface area contributed by atoms with Crippen molar-refractivity contribution in [1.82, 2.24) is 0 Å². The van der Waals surface area contributed by atoms with Gasteiger partial charge < -0.3 is 5.11 Å². The second-order valence-corrected chi connectivity index (χ2v) is 5.41. The molecule has 21 heavy (non-hydrogen) atoms. The Labute approximate surface area is 126 Å². The van der Waals surface area contributed by atoms with Crippen LogP contribution in [0.3, 0.4) is 0 Å². The Morgan fingerprint density at radius 2 is 1.62 bits per heavy atom. The lowest BCUT2D eigenvalue weighted by Gasteiger charge is -2.10. The standard InChI is InChI=1S/C19H22O2/c1-2-6-18(20)14-19(21)13-15-9-11-17(12-10-15)16-7-4-3-5-8-16/h3-5,7-12,19,21H,2,6,13-14H2,1H3. The predicted molar refractivity (Wildman–Crippen MR) is 86.1 cm³/mol. The van der Waals surface area contributed by atoms with Gasteiger partial charge in [-0.1, -0.05) is 61.5 Å². The van der Waals surface area contributed by atoms with Crippen LogP contribution in [0, 0.1) is 0 Å². The molecule has 0 bridgehead atoms. The smallest absolute Gasteiger partial charge is 0.135 e. The maximum absolute atomic E-state index is 11.5. The van der Waals surface area contributed by atoms with Crippen LogP contribution < -0.4 is 0 Å². The summed E-state index contributed by atoms with van der Waals surface area (Å²) in [5.41, 5.74) is 3.41. The Bertz CT molecular complexity index is 558. The van der Waals surface area contributed by atoms with Gasteiger partial charge in [-0.25, -0.2) is 0 Å². The Morgan fingerprint density at radius 3 is 2.24 bits per heavy atom. The summed E-state index contributed by atoms with van der Waals surface area (Å²) < 4.78 is 0. The van der Waals surface area contributed by atoms with E-state index in [9.17, 15) is 9.90 Å². The third-order valence-electron chi connectivity index (χ3n) is 3.52. The lowest BCUT2D eigenvalue weighted by Crippen LogP contribution is -2.15. The molecule has 0 heterocycles. The average Bonchev–Trinajstić information content (AvgIpc) is 2.49. The van der Waals surface area contributed by atoms with Gasteiger partial charge in [0.1, 0.15) is 5.78 Å². The molecule has 0 amide bonds. The van der Waals surface area contributed by atoms with Crippen LogP contribution >= 0.6 is 0 Å². The molecule has 0 saturated carbocycles. The number of Topliss-reactive ketones (excluding diaryl/α,β-unsaturated/α-hetero) is 1. The largest absolute Gasteiger partial charge is 0.392 e. The number of ketones is 1. The fraction of sp³-hybridized carbons (Fsp3) is 0.316. The van der Waals surface area contributed by atoms with Crippen molar-refractivity contribution < 1.29 is 9.90 Å². The third-order valence-corrected chi connectivity index (χ3v) is 3.52. The van der Waals surface area contributed by atoms with E-state index in [2.05, 4.69) is 24.3 Å². The summed E-state index contributed by atoms with van der Waals surface area (Å²) in [5, 5.41) is 9.97. The van der Waals surface area contributed by atoms with E-state index in [0.717, 1.165) is 17.5 Å². The molecule has 2 aromatic rings. The molecule has 2 aromatic carbocycles. The zero-order valence-electron chi connectivity index (χ0n) is 12.5. The molecule has 0 aliphatic heterocycles. The van der Waals surface area contributed by atoms with Crippen molar-refractivity contribution in [3.05, 3.63) is 60.2 Å². The van der Waals surface area contributed by atoms with Crippen LogP contribution in [-0.2, 0) is 11.2 Å². The molecule has 0 spiro atoms. The second kappa shape index (κ2) is 7.75. The lowest BCUT2D eigenvalue weighted by molar-refractivity contribution is -0.120. The lowest BCUT2D eigenvalue weighted by atomic mass is 9.99. The maximum atomic E-state index is 11.5. The van der Waals surface area contributed by atoms with Gasteiger partial charge in [0.2, 0.25) is 0 Å². The molecule has 2 rings (SSSR count). The molecule has 0 aromatic heterocycles. The fourth-order valence-electron chi connectivity index (χ4n) is 2.45. The SMILES string of the molecule is CCCC(=O)CC(O)Cc1ccc(-c2ccccc2)cc1. The van der Waals surface area contributed by atoms with Gasteiger partial charge in [-0.2, -0.15) is 0 Å². The molecular formula is C19H22O2. The van der Waals surface area contributed by atoms with Crippen LogP contribution in [0.4, 0.5) is 0 Å². The monoisotopic (exact) mass is 282 g/mol. The summed E-state index contributed by atoms with van der Waals surface area (Å²) in [6.45, 7) is 1.98. The van der Waals surface area contributed by atoms with Crippen molar-refractivity contribution in [1.29, 1.82) is 0 Å². The fourth-order valence-corrected chi connectivity index (χ4v) is 2.45. The Kier molecular flexibility index (Phi) is 5.70. The first-order valence-electron chi connectivity index (χ1n) is 7.53. The van der Waals surface area contributed by atoms with Crippen LogP contribution in [0.1, 0.15) is 31.7 Å². The molecule has 0 saturated heterocycles. The maximum Gasteiger partial charge on any atom is 0.135 e. The highest BCUT2D eigenvalue weighted by Gasteiger charge is 2.11. The highest BCUT2D eigenvalue weighted by atomic mass is 16.3. The molecule has 110 valence electrons. The summed E-state index contributed by atoms with van der Waals surface area (Å²) in [5.74, 6) is 0.144. The Balaban J connectivity index is 1.95. The molecule has 2 nitrogen and oxygen atoms in total. The number of aliphatic hydroxyl groups is 1. The summed E-state index contributed by atoms with van der Waals surface area (Å²) >= 11 is 0. The molecule has 1 atom stereocenters. The third kappa shape index (κ3) is 4.83. The Hall–Kier alpha value is -1.93. The first-order chi connectivity index (χ1) is 10.2. The van der Waals surface area contributed by atoms with E-state index in [4.69, 9.17) is 0 Å². The molecule has 0 radical (unpaired) electrons. The highest BCUT2D eigenvalue weighted by Crippen LogP contribution is 2.20. The van der Waals surface area contributed by atoms with E-state index >= 15 is 0 Å². The number of benzene rings is 2. The van der Waals surface area contributed by atoms with Gasteiger partial charge in [-0.05, 0) is 29.5 Å². The first-order valence-corrected chi connectivity index (χ1v) is 7.53. The second-order valence-electron chi connectivity index (χ2n) is 5.41. The van der Waals surface area contributed by atoms with E-state index < -0.39 is 6.10 Å². The normalized spacial score (nSPS) is 12.1. The Morgan fingerprint density at radius 1 is 1.00 bits per heavy atom. The highest BCUT2D eigenvalue weighted by molar-refractivity contribution is 5.78. The van der Waals surface area contributed by atoms with Gasteiger partial charge in [0, 0.05) is 12.8 Å². The van der Waals surface area contributed by atoms with Crippen LogP contribution in [0.25, 0.3) is 11.1 Å². The summed E-state index contributed by atoms with van der Waals surface area (Å²) in [4.78, 5) is 11.5. The van der Waals surface area contributed by atoms with Crippen LogP contribution in [-0.4, -0.2) is 17.0 Å². The summed E-state index contributed by atoms with van der Waals surface area (Å²) in [6, 6.07) is 18.4. The van der Waals surface area contributed by atoms with Gasteiger partial charge in [0.05, 0.1) is 6.10 Å². The zero-order chi connectivity index (χ0) is 15.1. The van der Waals surface area contributed by atoms with Crippen LogP contribution in [0.2, 0.25) is 0 Å². The number of hydrogen-bond donors (Lipinski definition) is 1. The van der Waals surface area contributed by atoms with E-state index in [1.165, 1.54) is 5.56 Å². The number of carbonyl (C=O) groups excluding carboxylic acids is 1. The molecule has 1 N–H and O–H groups in total. The van der Waals surface area contributed by atoms with Gasteiger partial charge in [-0.15, -0.1) is 0 Å². The van der Waals surface area contributed by atoms with Crippen molar-refractivity contribution in [2.24, 2.45) is 0 Å². The van der Waals surface area contributed by atoms with Gasteiger partial charge in [0.15, 0.2) is 0 Å². The number of hydrogen-bond acceptors (Lipinski definition) is 2. The summed E-state index contributed by atoms with van der Waals surface area (Å²) in [7, 11) is 0. The first kappa shape index (κ1) is 15.5. The van der Waals surface area contributed by atoms with Crippen molar-refractivity contribution >= 4 is 5.78 Å². The van der Waals surface area contributed by atoms with E-state index in [1.54, 1.807) is 0 Å². The number of carbonyl (C=O) groups is 1. The molecule has 1 unspecified atom stereocenters. The topological polar surface area (TPSA) is 37.3 Å². The van der Waals surface area contributed by atoms with Crippen molar-refractivity contribution in [2.75, 3.05) is 0 Å². The molecule has 0 fully saturated rings. The van der Waals surface area contributed by atoms with Crippen molar-refractivity contribution in [2.45, 2.75) is 38.7 Å². The minimum atomic E-state index is -0.577. The van der Waals surface area contributed by atoms with Crippen LogP contribution in [0.15, 0.2) is 54.6 Å². The summed E-state index contributed by atoms with van der Waals surface area (Å²) in [6.07, 6.45) is 1.62. The molecule has 0 aliphatic carbocycles. The van der Waals surface area contributed by atoms with E-state index in [0.29, 0.717) is 12.8 Å². The minimum Gasteiger partial charge on any atom is -0.392 e. The molecular weight excluding hydrogens is 260 g/mol. The average molecular weight is 282 g/mol. The van der Waals surface area contributed by atoms with Crippen LogP contribution in [0.5, 0.6) is 0 Å². The predicted octanol–water partition coefficient (Wildman–Crippen LogP) is 4.02. The molecule has 0 aliphatic rings.